The van der Waals surface area contributed by atoms with Crippen molar-refractivity contribution >= 4 is 35.0 Å². The molecule has 5 rings (SSSR count). The van der Waals surface area contributed by atoms with Crippen LogP contribution in [0.1, 0.15) is 34.8 Å². The number of carbonyl (C=O) groups excluding carboxylic acids is 4. The Balaban J connectivity index is 1.45. The summed E-state index contributed by atoms with van der Waals surface area (Å²) in [6, 6.07) is 17.9. The van der Waals surface area contributed by atoms with Crippen LogP contribution in [0.2, 0.25) is 0 Å². The molecule has 1 saturated heterocycles. The first kappa shape index (κ1) is 24.1. The smallest absolute Gasteiger partial charge is 0.257 e. The van der Waals surface area contributed by atoms with E-state index in [9.17, 15) is 19.2 Å². The van der Waals surface area contributed by atoms with E-state index in [1.807, 2.05) is 25.1 Å². The quantitative estimate of drug-likeness (QED) is 0.519. The summed E-state index contributed by atoms with van der Waals surface area (Å²) in [5.41, 5.74) is 3.08. The van der Waals surface area contributed by atoms with E-state index in [2.05, 4.69) is 5.32 Å². The van der Waals surface area contributed by atoms with Gasteiger partial charge in [-0.2, -0.15) is 0 Å². The van der Waals surface area contributed by atoms with E-state index in [0.29, 0.717) is 28.4 Å². The second-order valence-electron chi connectivity index (χ2n) is 9.00. The lowest BCUT2D eigenvalue weighted by Crippen LogP contribution is -2.45. The number of nitrogens with one attached hydrogen (secondary N) is 1. The minimum atomic E-state index is -0.984. The van der Waals surface area contributed by atoms with Gasteiger partial charge in [-0.15, -0.1) is 0 Å². The number of ether oxygens (including phenoxy) is 2. The number of amides is 4. The zero-order valence-electron chi connectivity index (χ0n) is 20.4. The molecule has 1 atom stereocenters. The van der Waals surface area contributed by atoms with E-state index >= 15 is 0 Å². The van der Waals surface area contributed by atoms with Gasteiger partial charge in [0.1, 0.15) is 6.04 Å². The summed E-state index contributed by atoms with van der Waals surface area (Å²) < 4.78 is 10.8. The zero-order valence-corrected chi connectivity index (χ0v) is 20.4. The highest BCUT2D eigenvalue weighted by Crippen LogP contribution is 2.34. The molecule has 9 heteroatoms. The minimum Gasteiger partial charge on any atom is -0.454 e. The average Bonchev–Trinajstić information content (AvgIpc) is 3.46. The van der Waals surface area contributed by atoms with Gasteiger partial charge in [0.2, 0.25) is 18.6 Å². The maximum Gasteiger partial charge on any atom is 0.257 e. The van der Waals surface area contributed by atoms with E-state index in [4.69, 9.17) is 9.47 Å². The lowest BCUT2D eigenvalue weighted by atomic mass is 10.1. The van der Waals surface area contributed by atoms with E-state index in [0.717, 1.165) is 16.0 Å². The minimum absolute atomic E-state index is 0.0995. The number of anilines is 2. The van der Waals surface area contributed by atoms with Crippen molar-refractivity contribution < 1.29 is 28.7 Å². The Hall–Kier alpha value is -4.66. The van der Waals surface area contributed by atoms with E-state index in [1.165, 1.54) is 11.8 Å². The Morgan fingerprint density at radius 1 is 0.973 bits per heavy atom. The number of aryl methyl sites for hydroxylation is 1. The molecule has 4 amide bonds. The SMILES string of the molecule is CC(=O)Nc1ccc(N2C(=O)CC(N(Cc3ccc4c(c3)OCO4)C(=O)c3ccc(C)cc3)C2=O)cc1. The Kier molecular flexibility index (Phi) is 6.35. The molecular weight excluding hydrogens is 474 g/mol. The van der Waals surface area contributed by atoms with E-state index in [-0.39, 0.29) is 31.6 Å². The van der Waals surface area contributed by atoms with Crippen LogP contribution in [-0.4, -0.2) is 41.4 Å². The molecule has 0 spiro atoms. The molecule has 37 heavy (non-hydrogen) atoms. The molecule has 0 aromatic heterocycles. The van der Waals surface area contributed by atoms with E-state index in [1.54, 1.807) is 48.5 Å². The van der Waals surface area contributed by atoms with Gasteiger partial charge in [-0.25, -0.2) is 4.90 Å². The normalized spacial score (nSPS) is 16.2. The second-order valence-corrected chi connectivity index (χ2v) is 9.00. The molecule has 9 nitrogen and oxygen atoms in total. The highest BCUT2D eigenvalue weighted by Gasteiger charge is 2.44. The van der Waals surface area contributed by atoms with Gasteiger partial charge in [0.15, 0.2) is 11.5 Å². The van der Waals surface area contributed by atoms with Crippen molar-refractivity contribution in [3.63, 3.8) is 0 Å². The van der Waals surface area contributed by atoms with Crippen LogP contribution in [0.5, 0.6) is 11.5 Å². The van der Waals surface area contributed by atoms with Gasteiger partial charge in [0, 0.05) is 24.7 Å². The first-order valence-electron chi connectivity index (χ1n) is 11.8. The lowest BCUT2D eigenvalue weighted by molar-refractivity contribution is -0.122. The molecule has 0 saturated carbocycles. The molecule has 2 aliphatic heterocycles. The van der Waals surface area contributed by atoms with Gasteiger partial charge in [0.05, 0.1) is 12.1 Å². The van der Waals surface area contributed by atoms with Gasteiger partial charge in [-0.3, -0.25) is 19.2 Å². The van der Waals surface area contributed by atoms with Crippen molar-refractivity contribution in [2.75, 3.05) is 17.0 Å². The summed E-state index contributed by atoms with van der Waals surface area (Å²) in [6.07, 6.45) is -0.144. The number of fused-ring (bicyclic) bond motifs is 1. The number of rotatable bonds is 6. The summed E-state index contributed by atoms with van der Waals surface area (Å²) in [5.74, 6) is -0.300. The third-order valence-electron chi connectivity index (χ3n) is 6.29. The third-order valence-corrected chi connectivity index (χ3v) is 6.29. The molecule has 0 radical (unpaired) electrons. The zero-order chi connectivity index (χ0) is 26.1. The topological polar surface area (TPSA) is 105 Å². The van der Waals surface area contributed by atoms with Gasteiger partial charge in [-0.05, 0) is 61.0 Å². The third kappa shape index (κ3) is 4.88. The van der Waals surface area contributed by atoms with Crippen molar-refractivity contribution in [2.24, 2.45) is 0 Å². The fraction of sp³-hybridized carbons (Fsp3) is 0.214. The Bertz CT molecular complexity index is 1380. The fourth-order valence-electron chi connectivity index (χ4n) is 4.45. The molecule has 1 unspecified atom stereocenters. The maximum atomic E-state index is 13.7. The van der Waals surface area contributed by atoms with Crippen LogP contribution in [0.4, 0.5) is 11.4 Å². The Morgan fingerprint density at radius 2 is 1.68 bits per heavy atom. The van der Waals surface area contributed by atoms with Crippen LogP contribution in [0.25, 0.3) is 0 Å². The summed E-state index contributed by atoms with van der Waals surface area (Å²) in [5, 5.41) is 2.65. The number of carbonyl (C=O) groups is 4. The molecule has 1 fully saturated rings. The number of hydrogen-bond donors (Lipinski definition) is 1. The Labute approximate surface area is 213 Å². The van der Waals surface area contributed by atoms with Crippen molar-refractivity contribution in [1.82, 2.24) is 4.90 Å². The fourth-order valence-corrected chi connectivity index (χ4v) is 4.45. The molecule has 0 bridgehead atoms. The molecule has 2 heterocycles. The van der Waals surface area contributed by atoms with Gasteiger partial charge >= 0.3 is 0 Å². The summed E-state index contributed by atoms with van der Waals surface area (Å²) in [4.78, 5) is 54.1. The van der Waals surface area contributed by atoms with Gasteiger partial charge in [-0.1, -0.05) is 23.8 Å². The second kappa shape index (κ2) is 9.77. The molecule has 1 N–H and O–H groups in total. The predicted molar refractivity (Wildman–Crippen MR) is 135 cm³/mol. The molecule has 188 valence electrons. The molecule has 3 aromatic rings. The predicted octanol–water partition coefficient (Wildman–Crippen LogP) is 3.66. The maximum absolute atomic E-state index is 13.7. The monoisotopic (exact) mass is 499 g/mol. The number of hydrogen-bond acceptors (Lipinski definition) is 6. The van der Waals surface area contributed by atoms with Crippen molar-refractivity contribution in [2.45, 2.75) is 32.9 Å². The molecule has 3 aromatic carbocycles. The van der Waals surface area contributed by atoms with Crippen LogP contribution in [0.15, 0.2) is 66.7 Å². The first-order valence-corrected chi connectivity index (χ1v) is 11.8. The summed E-state index contributed by atoms with van der Waals surface area (Å²) >= 11 is 0. The molecule has 0 aliphatic carbocycles. The van der Waals surface area contributed by atoms with E-state index < -0.39 is 17.9 Å². The number of imide groups is 1. The van der Waals surface area contributed by atoms with Crippen molar-refractivity contribution in [3.05, 3.63) is 83.4 Å². The van der Waals surface area contributed by atoms with Crippen LogP contribution in [0.3, 0.4) is 0 Å². The first-order chi connectivity index (χ1) is 17.8. The summed E-state index contributed by atoms with van der Waals surface area (Å²) in [6.45, 7) is 3.54. The molecule has 2 aliphatic rings. The lowest BCUT2D eigenvalue weighted by Gasteiger charge is -2.28. The number of nitrogens with zero attached hydrogens (tertiary/aromatic N) is 2. The molecular formula is C28H25N3O6. The van der Waals surface area contributed by atoms with Crippen LogP contribution in [0, 0.1) is 6.92 Å². The number of benzene rings is 3. The van der Waals surface area contributed by atoms with Crippen molar-refractivity contribution in [1.29, 1.82) is 0 Å². The summed E-state index contributed by atoms with van der Waals surface area (Å²) in [7, 11) is 0. The van der Waals surface area contributed by atoms with Crippen LogP contribution in [-0.2, 0) is 20.9 Å². The highest BCUT2D eigenvalue weighted by atomic mass is 16.7. The van der Waals surface area contributed by atoms with Crippen LogP contribution >= 0.6 is 0 Å². The Morgan fingerprint density at radius 3 is 2.38 bits per heavy atom. The standard InChI is InChI=1S/C28H25N3O6/c1-17-3-6-20(7-4-17)27(34)30(15-19-5-12-24-25(13-19)37-16-36-24)23-14-26(33)31(28(23)35)22-10-8-21(9-11-22)29-18(2)32/h3-13,23H,14-16H2,1-2H3,(H,29,32). The van der Waals surface area contributed by atoms with Gasteiger partial charge in [0.25, 0.3) is 11.8 Å². The average molecular weight is 500 g/mol. The van der Waals surface area contributed by atoms with Crippen LogP contribution < -0.4 is 19.7 Å². The van der Waals surface area contributed by atoms with Gasteiger partial charge < -0.3 is 19.7 Å². The van der Waals surface area contributed by atoms with Crippen molar-refractivity contribution in [3.8, 4) is 11.5 Å². The largest absolute Gasteiger partial charge is 0.454 e. The highest BCUT2D eigenvalue weighted by molar-refractivity contribution is 6.23.